The molecule has 1 aromatic rings. The highest BCUT2D eigenvalue weighted by Crippen LogP contribution is 2.21. The van der Waals surface area contributed by atoms with Crippen molar-refractivity contribution in [3.8, 4) is 0 Å². The third kappa shape index (κ3) is 3.02. The number of aromatic nitrogens is 2. The zero-order valence-electron chi connectivity index (χ0n) is 9.12. The van der Waals surface area contributed by atoms with Crippen LogP contribution in [0.2, 0.25) is 0 Å². The fourth-order valence-corrected chi connectivity index (χ4v) is 1.61. The van der Waals surface area contributed by atoms with E-state index < -0.39 is 5.79 Å². The summed E-state index contributed by atoms with van der Waals surface area (Å²) in [6.45, 7) is 6.02. The SMILES string of the molecule is CC1(C)OCC(CNCc2ncc[nH]2)O1. The lowest BCUT2D eigenvalue weighted by molar-refractivity contribution is -0.137. The average molecular weight is 211 g/mol. The molecule has 0 spiro atoms. The van der Waals surface area contributed by atoms with Crippen LogP contribution in [0.1, 0.15) is 19.7 Å². The molecule has 84 valence electrons. The first-order valence-electron chi connectivity index (χ1n) is 5.16. The first kappa shape index (κ1) is 10.6. The van der Waals surface area contributed by atoms with Crippen LogP contribution in [0.15, 0.2) is 12.4 Å². The van der Waals surface area contributed by atoms with E-state index in [1.807, 2.05) is 20.0 Å². The zero-order chi connectivity index (χ0) is 10.7. The lowest BCUT2D eigenvalue weighted by Crippen LogP contribution is -2.30. The Labute approximate surface area is 89.2 Å². The van der Waals surface area contributed by atoms with Gasteiger partial charge in [-0.2, -0.15) is 0 Å². The second kappa shape index (κ2) is 4.30. The summed E-state index contributed by atoms with van der Waals surface area (Å²) in [7, 11) is 0. The largest absolute Gasteiger partial charge is 0.348 e. The smallest absolute Gasteiger partial charge is 0.163 e. The first-order chi connectivity index (χ1) is 7.16. The van der Waals surface area contributed by atoms with Crippen molar-refractivity contribution in [2.24, 2.45) is 0 Å². The molecule has 1 aromatic heterocycles. The van der Waals surface area contributed by atoms with Crippen molar-refractivity contribution in [2.75, 3.05) is 13.2 Å². The Balaban J connectivity index is 1.67. The molecule has 1 fully saturated rings. The summed E-state index contributed by atoms with van der Waals surface area (Å²) in [6, 6.07) is 0. The van der Waals surface area contributed by atoms with Crippen molar-refractivity contribution in [1.29, 1.82) is 0 Å². The van der Waals surface area contributed by atoms with Crippen LogP contribution in [0.3, 0.4) is 0 Å². The number of ether oxygens (including phenoxy) is 2. The number of rotatable bonds is 4. The van der Waals surface area contributed by atoms with E-state index in [4.69, 9.17) is 9.47 Å². The van der Waals surface area contributed by atoms with Crippen LogP contribution in [0.4, 0.5) is 0 Å². The molecule has 1 aliphatic rings. The van der Waals surface area contributed by atoms with E-state index in [9.17, 15) is 0 Å². The normalized spacial score (nSPS) is 24.5. The number of H-pyrrole nitrogens is 1. The van der Waals surface area contributed by atoms with Crippen LogP contribution in [-0.4, -0.2) is 35.0 Å². The molecule has 0 bridgehead atoms. The van der Waals surface area contributed by atoms with E-state index >= 15 is 0 Å². The summed E-state index contributed by atoms with van der Waals surface area (Å²) < 4.78 is 11.1. The summed E-state index contributed by atoms with van der Waals surface area (Å²) in [6.07, 6.45) is 3.69. The molecule has 0 aliphatic carbocycles. The Kier molecular flexibility index (Phi) is 3.04. The van der Waals surface area contributed by atoms with Gasteiger partial charge in [0.25, 0.3) is 0 Å². The summed E-state index contributed by atoms with van der Waals surface area (Å²) in [4.78, 5) is 7.15. The van der Waals surface area contributed by atoms with Gasteiger partial charge in [0.15, 0.2) is 5.79 Å². The standard InChI is InChI=1S/C10H17N3O2/c1-10(2)14-7-8(15-10)5-11-6-9-12-3-4-13-9/h3-4,8,11H,5-7H2,1-2H3,(H,12,13). The molecule has 1 saturated heterocycles. The minimum Gasteiger partial charge on any atom is -0.348 e. The van der Waals surface area contributed by atoms with Crippen LogP contribution >= 0.6 is 0 Å². The molecule has 5 nitrogen and oxygen atoms in total. The quantitative estimate of drug-likeness (QED) is 0.767. The summed E-state index contributed by atoms with van der Waals surface area (Å²) in [5.41, 5.74) is 0. The third-order valence-corrected chi connectivity index (χ3v) is 2.29. The molecule has 2 heterocycles. The Morgan fingerprint density at radius 2 is 2.53 bits per heavy atom. The Hall–Kier alpha value is -0.910. The zero-order valence-corrected chi connectivity index (χ0v) is 9.12. The maximum Gasteiger partial charge on any atom is 0.163 e. The van der Waals surface area contributed by atoms with Gasteiger partial charge in [-0.15, -0.1) is 0 Å². The van der Waals surface area contributed by atoms with Crippen molar-refractivity contribution in [3.63, 3.8) is 0 Å². The van der Waals surface area contributed by atoms with Crippen LogP contribution in [0.25, 0.3) is 0 Å². The van der Waals surface area contributed by atoms with E-state index in [-0.39, 0.29) is 6.10 Å². The van der Waals surface area contributed by atoms with Gasteiger partial charge >= 0.3 is 0 Å². The molecule has 2 N–H and O–H groups in total. The highest BCUT2D eigenvalue weighted by atomic mass is 16.7. The summed E-state index contributed by atoms with van der Waals surface area (Å²) in [5.74, 6) is 0.505. The Morgan fingerprint density at radius 1 is 1.67 bits per heavy atom. The maximum atomic E-state index is 5.65. The molecule has 0 radical (unpaired) electrons. The average Bonchev–Trinajstić information content (AvgIpc) is 2.76. The lowest BCUT2D eigenvalue weighted by atomic mass is 10.3. The van der Waals surface area contributed by atoms with Gasteiger partial charge in [-0.1, -0.05) is 0 Å². The first-order valence-corrected chi connectivity index (χ1v) is 5.16. The lowest BCUT2D eigenvalue weighted by Gasteiger charge is -2.17. The fourth-order valence-electron chi connectivity index (χ4n) is 1.61. The number of nitrogens with zero attached hydrogens (tertiary/aromatic N) is 1. The van der Waals surface area contributed by atoms with E-state index in [2.05, 4.69) is 15.3 Å². The molecule has 5 heteroatoms. The highest BCUT2D eigenvalue weighted by Gasteiger charge is 2.32. The van der Waals surface area contributed by atoms with Crippen molar-refractivity contribution < 1.29 is 9.47 Å². The number of nitrogens with one attached hydrogen (secondary N) is 2. The fraction of sp³-hybridized carbons (Fsp3) is 0.700. The predicted octanol–water partition coefficient (Wildman–Crippen LogP) is 0.651. The van der Waals surface area contributed by atoms with E-state index in [0.717, 1.165) is 18.9 Å². The molecule has 1 atom stereocenters. The van der Waals surface area contributed by atoms with Crippen LogP contribution in [0, 0.1) is 0 Å². The van der Waals surface area contributed by atoms with Crippen molar-refractivity contribution in [2.45, 2.75) is 32.3 Å². The third-order valence-electron chi connectivity index (χ3n) is 2.29. The van der Waals surface area contributed by atoms with Crippen LogP contribution in [-0.2, 0) is 16.0 Å². The summed E-state index contributed by atoms with van der Waals surface area (Å²) >= 11 is 0. The second-order valence-electron chi connectivity index (χ2n) is 4.12. The summed E-state index contributed by atoms with van der Waals surface area (Å²) in [5, 5.41) is 3.27. The molecular weight excluding hydrogens is 194 g/mol. The number of imidazole rings is 1. The molecule has 0 saturated carbocycles. The molecule has 1 unspecified atom stereocenters. The van der Waals surface area contributed by atoms with Gasteiger partial charge in [-0.25, -0.2) is 4.98 Å². The maximum absolute atomic E-state index is 5.65. The second-order valence-corrected chi connectivity index (χ2v) is 4.12. The predicted molar refractivity (Wildman–Crippen MR) is 55.2 cm³/mol. The van der Waals surface area contributed by atoms with Gasteiger partial charge in [0.1, 0.15) is 5.82 Å². The Bertz CT molecular complexity index is 298. The topological polar surface area (TPSA) is 59.2 Å². The van der Waals surface area contributed by atoms with E-state index in [1.54, 1.807) is 6.20 Å². The highest BCUT2D eigenvalue weighted by molar-refractivity contribution is 4.86. The van der Waals surface area contributed by atoms with E-state index in [1.165, 1.54) is 0 Å². The number of hydrogen-bond donors (Lipinski definition) is 2. The van der Waals surface area contributed by atoms with Crippen molar-refractivity contribution in [3.05, 3.63) is 18.2 Å². The monoisotopic (exact) mass is 211 g/mol. The van der Waals surface area contributed by atoms with Gasteiger partial charge in [-0.3, -0.25) is 0 Å². The Morgan fingerprint density at radius 3 is 3.13 bits per heavy atom. The van der Waals surface area contributed by atoms with Crippen molar-refractivity contribution in [1.82, 2.24) is 15.3 Å². The van der Waals surface area contributed by atoms with Gasteiger partial charge in [0.05, 0.1) is 19.3 Å². The molecule has 0 amide bonds. The van der Waals surface area contributed by atoms with Crippen LogP contribution < -0.4 is 5.32 Å². The van der Waals surface area contributed by atoms with Crippen molar-refractivity contribution >= 4 is 0 Å². The molecule has 1 aliphatic heterocycles. The van der Waals surface area contributed by atoms with E-state index in [0.29, 0.717) is 6.61 Å². The van der Waals surface area contributed by atoms with Gasteiger partial charge in [0, 0.05) is 18.9 Å². The minimum absolute atomic E-state index is 0.134. The number of aromatic amines is 1. The van der Waals surface area contributed by atoms with Gasteiger partial charge in [0.2, 0.25) is 0 Å². The molecule has 0 aromatic carbocycles. The molecular formula is C10H17N3O2. The van der Waals surface area contributed by atoms with Gasteiger partial charge in [-0.05, 0) is 13.8 Å². The molecule has 2 rings (SSSR count). The minimum atomic E-state index is -0.434. The van der Waals surface area contributed by atoms with Crippen LogP contribution in [0.5, 0.6) is 0 Å². The van der Waals surface area contributed by atoms with Gasteiger partial charge < -0.3 is 19.8 Å². The molecule has 15 heavy (non-hydrogen) atoms. The number of hydrogen-bond acceptors (Lipinski definition) is 4.